The van der Waals surface area contributed by atoms with Gasteiger partial charge in [-0.3, -0.25) is 14.9 Å². The largest absolute Gasteiger partial charge is 0.497 e. The average Bonchev–Trinajstić information content (AvgIpc) is 2.66. The number of imide groups is 1. The fraction of sp³-hybridized carbons (Fsp3) is 0.167. The fourth-order valence-electron chi connectivity index (χ4n) is 2.01. The molecule has 25 heavy (non-hydrogen) atoms. The summed E-state index contributed by atoms with van der Waals surface area (Å²) in [7, 11) is 2.86. The van der Waals surface area contributed by atoms with Gasteiger partial charge in [0.1, 0.15) is 17.1 Å². The van der Waals surface area contributed by atoms with E-state index in [1.54, 1.807) is 42.5 Å². The first-order valence-electron chi connectivity index (χ1n) is 7.33. The van der Waals surface area contributed by atoms with Crippen molar-refractivity contribution < 1.29 is 28.6 Å². The second-order valence-corrected chi connectivity index (χ2v) is 4.89. The van der Waals surface area contributed by atoms with Crippen LogP contribution in [0.5, 0.6) is 11.5 Å². The molecule has 0 radical (unpaired) electrons. The highest BCUT2D eigenvalue weighted by atomic mass is 16.5. The lowest BCUT2D eigenvalue weighted by atomic mass is 10.2. The zero-order chi connectivity index (χ0) is 18.2. The summed E-state index contributed by atoms with van der Waals surface area (Å²) in [6.07, 6.45) is 0. The van der Waals surface area contributed by atoms with Gasteiger partial charge in [0.15, 0.2) is 6.61 Å². The third-order valence-corrected chi connectivity index (χ3v) is 3.25. The van der Waals surface area contributed by atoms with E-state index in [0.717, 1.165) is 0 Å². The molecule has 0 atom stereocenters. The van der Waals surface area contributed by atoms with Crippen molar-refractivity contribution in [1.82, 2.24) is 5.32 Å². The van der Waals surface area contributed by atoms with Crippen LogP contribution in [-0.2, 0) is 9.53 Å². The van der Waals surface area contributed by atoms with Gasteiger partial charge in [-0.15, -0.1) is 0 Å². The summed E-state index contributed by atoms with van der Waals surface area (Å²) in [6.45, 7) is -0.599. The quantitative estimate of drug-likeness (QED) is 0.805. The molecule has 0 aliphatic heterocycles. The van der Waals surface area contributed by atoms with Crippen LogP contribution in [0.3, 0.4) is 0 Å². The molecule has 7 nitrogen and oxygen atoms in total. The molecule has 0 aliphatic rings. The molecule has 7 heteroatoms. The molecule has 0 aromatic heterocycles. The molecule has 0 aliphatic carbocycles. The SMILES string of the molecule is COc1ccc(OC)c(C(=O)OCC(=O)NC(=O)c2ccccc2)c1. The molecule has 1 N–H and O–H groups in total. The summed E-state index contributed by atoms with van der Waals surface area (Å²) in [5.41, 5.74) is 0.445. The number of nitrogens with one attached hydrogen (secondary N) is 1. The van der Waals surface area contributed by atoms with Crippen LogP contribution in [0.1, 0.15) is 20.7 Å². The third kappa shape index (κ3) is 4.81. The average molecular weight is 343 g/mol. The van der Waals surface area contributed by atoms with Gasteiger partial charge in [0.05, 0.1) is 14.2 Å². The molecule has 2 amide bonds. The van der Waals surface area contributed by atoms with Crippen molar-refractivity contribution in [2.45, 2.75) is 0 Å². The Morgan fingerprint density at radius 1 is 0.960 bits per heavy atom. The third-order valence-electron chi connectivity index (χ3n) is 3.25. The number of methoxy groups -OCH3 is 2. The molecular formula is C18H17NO6. The maximum atomic E-state index is 12.1. The molecule has 0 unspecified atom stereocenters. The molecule has 0 saturated carbocycles. The van der Waals surface area contributed by atoms with Crippen LogP contribution in [0.25, 0.3) is 0 Å². The zero-order valence-corrected chi connectivity index (χ0v) is 13.8. The standard InChI is InChI=1S/C18H17NO6/c1-23-13-8-9-15(24-2)14(10-13)18(22)25-11-16(20)19-17(21)12-6-4-3-5-7-12/h3-10H,11H2,1-2H3,(H,19,20,21). The van der Waals surface area contributed by atoms with E-state index in [2.05, 4.69) is 5.32 Å². The lowest BCUT2D eigenvalue weighted by molar-refractivity contribution is -0.123. The molecule has 0 saturated heterocycles. The molecule has 130 valence electrons. The molecule has 2 aromatic rings. The molecule has 0 heterocycles. The first-order chi connectivity index (χ1) is 12.0. The topological polar surface area (TPSA) is 90.9 Å². The highest BCUT2D eigenvalue weighted by Gasteiger charge is 2.17. The summed E-state index contributed by atoms with van der Waals surface area (Å²) < 4.78 is 15.1. The maximum Gasteiger partial charge on any atom is 0.342 e. The van der Waals surface area contributed by atoms with Crippen LogP contribution in [0.2, 0.25) is 0 Å². The Kier molecular flexibility index (Phi) is 6.11. The monoisotopic (exact) mass is 343 g/mol. The van der Waals surface area contributed by atoms with Gasteiger partial charge < -0.3 is 14.2 Å². The summed E-state index contributed by atoms with van der Waals surface area (Å²) >= 11 is 0. The number of rotatable bonds is 6. The fourth-order valence-corrected chi connectivity index (χ4v) is 2.01. The van der Waals surface area contributed by atoms with E-state index in [0.29, 0.717) is 11.3 Å². The van der Waals surface area contributed by atoms with Crippen molar-refractivity contribution in [3.63, 3.8) is 0 Å². The summed E-state index contributed by atoms with van der Waals surface area (Å²) in [4.78, 5) is 35.7. The van der Waals surface area contributed by atoms with E-state index in [-0.39, 0.29) is 11.3 Å². The Labute approximate surface area is 144 Å². The van der Waals surface area contributed by atoms with Crippen LogP contribution in [0.15, 0.2) is 48.5 Å². The first-order valence-corrected chi connectivity index (χ1v) is 7.33. The van der Waals surface area contributed by atoms with Crippen LogP contribution in [0, 0.1) is 0 Å². The number of hydrogen-bond donors (Lipinski definition) is 1. The van der Waals surface area contributed by atoms with Crippen molar-refractivity contribution in [2.24, 2.45) is 0 Å². The smallest absolute Gasteiger partial charge is 0.342 e. The summed E-state index contributed by atoms with van der Waals surface area (Å²) in [5.74, 6) is -1.34. The number of benzene rings is 2. The second-order valence-electron chi connectivity index (χ2n) is 4.89. The lowest BCUT2D eigenvalue weighted by Gasteiger charge is -2.10. The van der Waals surface area contributed by atoms with Gasteiger partial charge in [0, 0.05) is 5.56 Å². The molecule has 2 rings (SSSR count). The first kappa shape index (κ1) is 18.0. The Morgan fingerprint density at radius 2 is 1.68 bits per heavy atom. The summed E-state index contributed by atoms with van der Waals surface area (Å²) in [5, 5.41) is 2.14. The van der Waals surface area contributed by atoms with E-state index in [9.17, 15) is 14.4 Å². The second kappa shape index (κ2) is 8.49. The normalized spacial score (nSPS) is 9.84. The summed E-state index contributed by atoms with van der Waals surface area (Å²) in [6, 6.07) is 12.8. The maximum absolute atomic E-state index is 12.1. The minimum Gasteiger partial charge on any atom is -0.497 e. The number of esters is 1. The highest BCUT2D eigenvalue weighted by Crippen LogP contribution is 2.24. The van der Waals surface area contributed by atoms with Crippen LogP contribution < -0.4 is 14.8 Å². The van der Waals surface area contributed by atoms with Crippen molar-refractivity contribution >= 4 is 17.8 Å². The van der Waals surface area contributed by atoms with Crippen LogP contribution in [0.4, 0.5) is 0 Å². The minimum absolute atomic E-state index is 0.115. The Hall–Kier alpha value is -3.35. The minimum atomic E-state index is -0.766. The van der Waals surface area contributed by atoms with Gasteiger partial charge in [0.25, 0.3) is 11.8 Å². The van der Waals surface area contributed by atoms with Crippen molar-refractivity contribution in [1.29, 1.82) is 0 Å². The number of ether oxygens (including phenoxy) is 3. The van der Waals surface area contributed by atoms with Gasteiger partial charge in [-0.2, -0.15) is 0 Å². The van der Waals surface area contributed by atoms with E-state index < -0.39 is 24.4 Å². The van der Waals surface area contributed by atoms with Crippen molar-refractivity contribution in [3.8, 4) is 11.5 Å². The van der Waals surface area contributed by atoms with E-state index >= 15 is 0 Å². The highest BCUT2D eigenvalue weighted by molar-refractivity contribution is 6.05. The van der Waals surface area contributed by atoms with Gasteiger partial charge in [-0.1, -0.05) is 18.2 Å². The van der Waals surface area contributed by atoms with Crippen LogP contribution in [-0.4, -0.2) is 38.6 Å². The Morgan fingerprint density at radius 3 is 2.32 bits per heavy atom. The number of amides is 2. The zero-order valence-electron chi connectivity index (χ0n) is 13.8. The number of hydrogen-bond acceptors (Lipinski definition) is 6. The van der Waals surface area contributed by atoms with Gasteiger partial charge in [-0.25, -0.2) is 4.79 Å². The molecule has 0 fully saturated rings. The Bertz CT molecular complexity index is 772. The van der Waals surface area contributed by atoms with Crippen LogP contribution >= 0.6 is 0 Å². The Balaban J connectivity index is 1.95. The lowest BCUT2D eigenvalue weighted by Crippen LogP contribution is -2.34. The van der Waals surface area contributed by atoms with E-state index in [1.807, 2.05) is 0 Å². The van der Waals surface area contributed by atoms with E-state index in [4.69, 9.17) is 14.2 Å². The van der Waals surface area contributed by atoms with E-state index in [1.165, 1.54) is 20.3 Å². The predicted molar refractivity (Wildman–Crippen MR) is 88.7 cm³/mol. The van der Waals surface area contributed by atoms with Crippen molar-refractivity contribution in [2.75, 3.05) is 20.8 Å². The number of carbonyl (C=O) groups is 3. The van der Waals surface area contributed by atoms with Gasteiger partial charge in [-0.05, 0) is 30.3 Å². The molecule has 0 spiro atoms. The van der Waals surface area contributed by atoms with Crippen molar-refractivity contribution in [3.05, 3.63) is 59.7 Å². The predicted octanol–water partition coefficient (Wildman–Crippen LogP) is 1.82. The molecule has 2 aromatic carbocycles. The van der Waals surface area contributed by atoms with Gasteiger partial charge >= 0.3 is 5.97 Å². The number of carbonyl (C=O) groups excluding carboxylic acids is 3. The van der Waals surface area contributed by atoms with Gasteiger partial charge in [0.2, 0.25) is 0 Å². The molecular weight excluding hydrogens is 326 g/mol. The molecule has 0 bridgehead atoms.